The van der Waals surface area contributed by atoms with E-state index < -0.39 is 5.83 Å². The average molecular weight is 463 g/mol. The van der Waals surface area contributed by atoms with Gasteiger partial charge in [-0.1, -0.05) is 50.4 Å². The maximum absolute atomic E-state index is 14.9. The number of pyridine rings is 1. The number of allylic oxidation sites excluding steroid dienone is 6. The van der Waals surface area contributed by atoms with Crippen LogP contribution in [0.5, 0.6) is 0 Å². The minimum atomic E-state index is -0.517. The summed E-state index contributed by atoms with van der Waals surface area (Å²) in [5, 5.41) is 11.5. The summed E-state index contributed by atoms with van der Waals surface area (Å²) >= 11 is 0. The van der Waals surface area contributed by atoms with Crippen molar-refractivity contribution in [1.29, 1.82) is 5.26 Å². The van der Waals surface area contributed by atoms with Gasteiger partial charge in [0.05, 0.1) is 17.0 Å². The summed E-state index contributed by atoms with van der Waals surface area (Å²) in [5.41, 5.74) is 3.22. The van der Waals surface area contributed by atoms with Crippen LogP contribution in [0.4, 0.5) is 4.39 Å². The second kappa shape index (κ2) is 8.84. The van der Waals surface area contributed by atoms with Crippen LogP contribution in [0.2, 0.25) is 0 Å². The first-order valence-corrected chi connectivity index (χ1v) is 11.5. The van der Waals surface area contributed by atoms with Crippen molar-refractivity contribution in [2.75, 3.05) is 0 Å². The molecule has 0 saturated carbocycles. The Morgan fingerprint density at radius 3 is 2.80 bits per heavy atom. The lowest BCUT2D eigenvalue weighted by atomic mass is 9.66. The van der Waals surface area contributed by atoms with Gasteiger partial charge in [0.1, 0.15) is 11.9 Å². The highest BCUT2D eigenvalue weighted by molar-refractivity contribution is 6.02. The number of hydrogen-bond acceptors (Lipinski definition) is 5. The topological polar surface area (TPSA) is 79.5 Å². The lowest BCUT2D eigenvalue weighted by Crippen LogP contribution is -2.35. The number of ketones is 1. The molecule has 2 heterocycles. The first kappa shape index (κ1) is 22.5. The SMILES string of the molecule is C=C/C(F)=C(\C=C)c1nc(-c2cccc3cnccc23)nc2c1CCC1C(C)C(=O)C(C#N)=CC21. The number of carbonyl (C=O) groups is 1. The zero-order valence-electron chi connectivity index (χ0n) is 19.3. The van der Waals surface area contributed by atoms with Gasteiger partial charge < -0.3 is 0 Å². The van der Waals surface area contributed by atoms with Gasteiger partial charge in [-0.15, -0.1) is 0 Å². The summed E-state index contributed by atoms with van der Waals surface area (Å²) in [7, 11) is 0. The first-order valence-electron chi connectivity index (χ1n) is 11.5. The van der Waals surface area contributed by atoms with Crippen molar-refractivity contribution in [2.24, 2.45) is 11.8 Å². The molecule has 2 aliphatic rings. The predicted octanol–water partition coefficient (Wildman–Crippen LogP) is 6.06. The number of hydrogen-bond donors (Lipinski definition) is 0. The lowest BCUT2D eigenvalue weighted by molar-refractivity contribution is -0.120. The van der Waals surface area contributed by atoms with E-state index in [0.29, 0.717) is 17.9 Å². The van der Waals surface area contributed by atoms with Crippen LogP contribution in [0.1, 0.15) is 36.2 Å². The van der Waals surface area contributed by atoms with Crippen LogP contribution in [-0.4, -0.2) is 20.7 Å². The Bertz CT molecular complexity index is 1510. The molecular formula is C29H23FN4O. The number of aromatic nitrogens is 3. The number of rotatable bonds is 4. The molecule has 3 aromatic rings. The zero-order valence-corrected chi connectivity index (χ0v) is 19.3. The molecule has 3 unspecified atom stereocenters. The molecule has 5 rings (SSSR count). The van der Waals surface area contributed by atoms with E-state index in [1.807, 2.05) is 31.2 Å². The Balaban J connectivity index is 1.84. The van der Waals surface area contributed by atoms with Gasteiger partial charge in [-0.05, 0) is 36.3 Å². The van der Waals surface area contributed by atoms with Crippen molar-refractivity contribution >= 4 is 22.1 Å². The Hall–Kier alpha value is -4.24. The second-order valence-electron chi connectivity index (χ2n) is 8.91. The van der Waals surface area contributed by atoms with E-state index in [9.17, 15) is 14.4 Å². The van der Waals surface area contributed by atoms with Crippen LogP contribution in [0.3, 0.4) is 0 Å². The number of Topliss-reactive ketones (excluding diaryl/α,β-unsaturated/α-hetero) is 1. The Morgan fingerprint density at radius 1 is 1.23 bits per heavy atom. The maximum atomic E-state index is 14.9. The van der Waals surface area contributed by atoms with Crippen LogP contribution >= 0.6 is 0 Å². The average Bonchev–Trinajstić information content (AvgIpc) is 2.90. The van der Waals surface area contributed by atoms with Crippen LogP contribution in [-0.2, 0) is 11.2 Å². The van der Waals surface area contributed by atoms with Gasteiger partial charge >= 0.3 is 0 Å². The molecule has 172 valence electrons. The van der Waals surface area contributed by atoms with Crippen LogP contribution in [0, 0.1) is 23.2 Å². The predicted molar refractivity (Wildman–Crippen MR) is 134 cm³/mol. The van der Waals surface area contributed by atoms with Gasteiger partial charge in [0.15, 0.2) is 11.6 Å². The monoisotopic (exact) mass is 462 g/mol. The number of benzene rings is 1. The smallest absolute Gasteiger partial charge is 0.176 e. The van der Waals surface area contributed by atoms with Gasteiger partial charge in [0, 0.05) is 46.3 Å². The molecule has 2 aromatic heterocycles. The molecule has 0 aliphatic heterocycles. The Kier molecular flexibility index (Phi) is 5.70. The molecule has 0 fully saturated rings. The summed E-state index contributed by atoms with van der Waals surface area (Å²) in [5.74, 6) is -0.716. The number of halogens is 1. The third-order valence-corrected chi connectivity index (χ3v) is 7.15. The van der Waals surface area contributed by atoms with Gasteiger partial charge in [-0.2, -0.15) is 5.26 Å². The maximum Gasteiger partial charge on any atom is 0.176 e. The third-order valence-electron chi connectivity index (χ3n) is 7.15. The molecule has 0 amide bonds. The highest BCUT2D eigenvalue weighted by Crippen LogP contribution is 2.47. The molecule has 0 radical (unpaired) electrons. The Labute approximate surface area is 203 Å². The molecular weight excluding hydrogens is 439 g/mol. The van der Waals surface area contributed by atoms with Gasteiger partial charge in [-0.25, -0.2) is 14.4 Å². The van der Waals surface area contributed by atoms with Crippen molar-refractivity contribution in [2.45, 2.75) is 25.7 Å². The minimum absolute atomic E-state index is 0.0137. The van der Waals surface area contributed by atoms with Crippen molar-refractivity contribution < 1.29 is 9.18 Å². The summed E-state index contributed by atoms with van der Waals surface area (Å²) in [6, 6.07) is 9.76. The zero-order chi connectivity index (χ0) is 24.7. The van der Waals surface area contributed by atoms with E-state index in [2.05, 4.69) is 24.2 Å². The van der Waals surface area contributed by atoms with E-state index >= 15 is 0 Å². The number of fused-ring (bicyclic) bond motifs is 4. The largest absolute Gasteiger partial charge is 0.293 e. The fourth-order valence-electron chi connectivity index (χ4n) is 5.35. The van der Waals surface area contributed by atoms with Crippen molar-refractivity contribution in [3.8, 4) is 17.5 Å². The molecule has 0 saturated heterocycles. The summed E-state index contributed by atoms with van der Waals surface area (Å²) in [4.78, 5) is 26.8. The van der Waals surface area contributed by atoms with Crippen LogP contribution in [0.25, 0.3) is 27.7 Å². The fraction of sp³-hybridized carbons (Fsp3) is 0.207. The molecule has 5 nitrogen and oxygen atoms in total. The van der Waals surface area contributed by atoms with E-state index in [1.54, 1.807) is 18.5 Å². The van der Waals surface area contributed by atoms with Crippen molar-refractivity contribution in [3.05, 3.63) is 96.4 Å². The lowest BCUT2D eigenvalue weighted by Gasteiger charge is -2.38. The van der Waals surface area contributed by atoms with Gasteiger partial charge in [0.2, 0.25) is 0 Å². The van der Waals surface area contributed by atoms with Crippen LogP contribution in [0.15, 0.2) is 79.4 Å². The molecule has 2 aliphatic carbocycles. The third kappa shape index (κ3) is 3.60. The first-order chi connectivity index (χ1) is 17.0. The van der Waals surface area contributed by atoms with E-state index in [4.69, 9.17) is 9.97 Å². The summed E-state index contributed by atoms with van der Waals surface area (Å²) in [6.45, 7) is 9.28. The standard InChI is InChI=1S/C29H23FN4O/c1-4-19(25(30)5-2)26-23-10-9-20-16(3)28(35)18(14-31)13-24(20)27(23)34-29(33-26)22-8-6-7-17-15-32-12-11-21(17)22/h4-8,11-13,15-16,20,24H,1-2,9-10H2,3H3/b25-19-. The molecule has 6 heteroatoms. The number of nitriles is 1. The fourth-order valence-corrected chi connectivity index (χ4v) is 5.35. The normalized spacial score (nSPS) is 21.8. The second-order valence-corrected chi connectivity index (χ2v) is 8.91. The van der Waals surface area contributed by atoms with Gasteiger partial charge in [-0.3, -0.25) is 9.78 Å². The molecule has 0 bridgehead atoms. The molecule has 3 atom stereocenters. The molecule has 0 spiro atoms. The number of carbonyl (C=O) groups excluding carboxylic acids is 1. The van der Waals surface area contributed by atoms with Gasteiger partial charge in [0.25, 0.3) is 0 Å². The van der Waals surface area contributed by atoms with Crippen molar-refractivity contribution in [1.82, 2.24) is 15.0 Å². The van der Waals surface area contributed by atoms with Crippen molar-refractivity contribution in [3.63, 3.8) is 0 Å². The van der Waals surface area contributed by atoms with Crippen LogP contribution < -0.4 is 0 Å². The highest BCUT2D eigenvalue weighted by atomic mass is 19.1. The summed E-state index contributed by atoms with van der Waals surface area (Å²) < 4.78 is 14.9. The Morgan fingerprint density at radius 2 is 2.06 bits per heavy atom. The quantitative estimate of drug-likeness (QED) is 0.440. The number of nitrogens with zero attached hydrogens (tertiary/aromatic N) is 4. The highest BCUT2D eigenvalue weighted by Gasteiger charge is 2.42. The molecule has 35 heavy (non-hydrogen) atoms. The minimum Gasteiger partial charge on any atom is -0.293 e. The van der Waals surface area contributed by atoms with E-state index in [1.165, 1.54) is 6.08 Å². The van der Waals surface area contributed by atoms with E-state index in [-0.39, 0.29) is 34.7 Å². The molecule has 1 aromatic carbocycles. The van der Waals surface area contributed by atoms with E-state index in [0.717, 1.165) is 40.1 Å². The summed E-state index contributed by atoms with van der Waals surface area (Å²) in [6.07, 6.45) is 9.14. The molecule has 0 N–H and O–H groups in total.